The van der Waals surface area contributed by atoms with Crippen LogP contribution in [0.1, 0.15) is 32.9 Å². The van der Waals surface area contributed by atoms with Gasteiger partial charge in [-0.3, -0.25) is 0 Å². The molecule has 0 amide bonds. The third kappa shape index (κ3) is 2.70. The highest BCUT2D eigenvalue weighted by molar-refractivity contribution is 5.44. The highest BCUT2D eigenvalue weighted by Gasteiger charge is 2.21. The van der Waals surface area contributed by atoms with Crippen molar-refractivity contribution >= 4 is 5.82 Å². The molecule has 1 aromatic rings. The maximum Gasteiger partial charge on any atom is 0.142 e. The van der Waals surface area contributed by atoms with Crippen molar-refractivity contribution in [2.75, 3.05) is 18.0 Å². The molecule has 0 unspecified atom stereocenters. The number of nitriles is 1. The Balaban J connectivity index is 2.15. The number of anilines is 1. The van der Waals surface area contributed by atoms with Crippen LogP contribution in [-0.4, -0.2) is 18.1 Å². The lowest BCUT2D eigenvalue weighted by Gasteiger charge is -2.32. The van der Waals surface area contributed by atoms with Gasteiger partial charge in [0.2, 0.25) is 0 Å². The van der Waals surface area contributed by atoms with Gasteiger partial charge in [-0.15, -0.1) is 0 Å². The monoisotopic (exact) mass is 241 g/mol. The van der Waals surface area contributed by atoms with Gasteiger partial charge >= 0.3 is 0 Å². The number of hydrogen-bond acceptors (Lipinski definition) is 3. The molecule has 3 nitrogen and oxygen atoms in total. The van der Waals surface area contributed by atoms with Gasteiger partial charge in [-0.05, 0) is 24.0 Å². The van der Waals surface area contributed by atoms with Crippen molar-refractivity contribution in [1.82, 2.24) is 4.98 Å². The van der Waals surface area contributed by atoms with Gasteiger partial charge in [-0.2, -0.15) is 5.26 Å². The van der Waals surface area contributed by atoms with Crippen LogP contribution in [0.2, 0.25) is 0 Å². The number of aromatic nitrogens is 1. The standard InChI is InChI=1S/C15H19N3/c1-15(2,3)12-7-9-18(10-8-12)14-6-4-5-13(11-16)17-14/h4-7H,8-10H2,1-3H3. The Morgan fingerprint density at radius 3 is 2.67 bits per heavy atom. The average Bonchev–Trinajstić information content (AvgIpc) is 2.38. The summed E-state index contributed by atoms with van der Waals surface area (Å²) in [5, 5.41) is 8.87. The molecule has 2 heterocycles. The second kappa shape index (κ2) is 4.81. The Labute approximate surface area is 109 Å². The van der Waals surface area contributed by atoms with Gasteiger partial charge in [0.15, 0.2) is 0 Å². The molecule has 0 atom stereocenters. The Bertz CT molecular complexity index is 503. The van der Waals surface area contributed by atoms with E-state index < -0.39 is 0 Å². The smallest absolute Gasteiger partial charge is 0.142 e. The quantitative estimate of drug-likeness (QED) is 0.709. The minimum absolute atomic E-state index is 0.258. The summed E-state index contributed by atoms with van der Waals surface area (Å²) in [4.78, 5) is 6.56. The van der Waals surface area contributed by atoms with Gasteiger partial charge < -0.3 is 4.90 Å². The number of pyridine rings is 1. The Morgan fingerprint density at radius 1 is 1.33 bits per heavy atom. The van der Waals surface area contributed by atoms with Crippen molar-refractivity contribution < 1.29 is 0 Å². The molecule has 1 aromatic heterocycles. The molecule has 0 aliphatic carbocycles. The first-order chi connectivity index (χ1) is 8.50. The lowest BCUT2D eigenvalue weighted by Crippen LogP contribution is -2.31. The molecule has 0 aromatic carbocycles. The van der Waals surface area contributed by atoms with E-state index in [1.807, 2.05) is 12.1 Å². The second-order valence-electron chi connectivity index (χ2n) is 5.67. The van der Waals surface area contributed by atoms with E-state index in [1.165, 1.54) is 5.57 Å². The van der Waals surface area contributed by atoms with E-state index in [9.17, 15) is 0 Å². The fraction of sp³-hybridized carbons (Fsp3) is 0.467. The average molecular weight is 241 g/mol. The lowest BCUT2D eigenvalue weighted by molar-refractivity contribution is 0.472. The summed E-state index contributed by atoms with van der Waals surface area (Å²) in [7, 11) is 0. The first-order valence-electron chi connectivity index (χ1n) is 6.32. The van der Waals surface area contributed by atoms with Crippen molar-refractivity contribution in [3.05, 3.63) is 35.5 Å². The van der Waals surface area contributed by atoms with Crippen LogP contribution in [0.4, 0.5) is 5.82 Å². The summed E-state index contributed by atoms with van der Waals surface area (Å²) < 4.78 is 0. The van der Waals surface area contributed by atoms with Gasteiger partial charge in [0, 0.05) is 13.1 Å². The fourth-order valence-corrected chi connectivity index (χ4v) is 2.22. The van der Waals surface area contributed by atoms with Gasteiger partial charge in [-0.25, -0.2) is 4.98 Å². The molecule has 2 rings (SSSR count). The zero-order valence-electron chi connectivity index (χ0n) is 11.3. The highest BCUT2D eigenvalue weighted by atomic mass is 15.2. The summed E-state index contributed by atoms with van der Waals surface area (Å²) in [6.07, 6.45) is 3.37. The molecule has 94 valence electrons. The summed E-state index contributed by atoms with van der Waals surface area (Å²) >= 11 is 0. The molecule has 3 heteroatoms. The molecule has 0 saturated heterocycles. The molecule has 1 aliphatic rings. The third-order valence-corrected chi connectivity index (χ3v) is 3.35. The van der Waals surface area contributed by atoms with Crippen molar-refractivity contribution in [2.24, 2.45) is 5.41 Å². The van der Waals surface area contributed by atoms with Crippen molar-refractivity contribution in [3.8, 4) is 6.07 Å². The summed E-state index contributed by atoms with van der Waals surface area (Å²) in [6, 6.07) is 7.69. The molecule has 0 fully saturated rings. The third-order valence-electron chi connectivity index (χ3n) is 3.35. The molecular weight excluding hydrogens is 222 g/mol. The lowest BCUT2D eigenvalue weighted by atomic mass is 9.83. The van der Waals surface area contributed by atoms with Crippen molar-refractivity contribution in [1.29, 1.82) is 5.26 Å². The van der Waals surface area contributed by atoms with Crippen LogP contribution in [0.15, 0.2) is 29.8 Å². The van der Waals surface area contributed by atoms with E-state index in [0.29, 0.717) is 5.69 Å². The van der Waals surface area contributed by atoms with E-state index in [4.69, 9.17) is 5.26 Å². The Kier molecular flexibility index (Phi) is 3.38. The van der Waals surface area contributed by atoms with Crippen LogP contribution in [0.25, 0.3) is 0 Å². The highest BCUT2D eigenvalue weighted by Crippen LogP contribution is 2.31. The van der Waals surface area contributed by atoms with Crippen molar-refractivity contribution in [3.63, 3.8) is 0 Å². The van der Waals surface area contributed by atoms with E-state index in [2.05, 4.69) is 42.8 Å². The summed E-state index contributed by atoms with van der Waals surface area (Å²) in [6.45, 7) is 8.62. The molecule has 0 bridgehead atoms. The predicted molar refractivity (Wildman–Crippen MR) is 73.3 cm³/mol. The fourth-order valence-electron chi connectivity index (χ4n) is 2.22. The topological polar surface area (TPSA) is 39.9 Å². The van der Waals surface area contributed by atoms with E-state index in [-0.39, 0.29) is 5.41 Å². The first-order valence-corrected chi connectivity index (χ1v) is 6.32. The number of rotatable bonds is 1. The largest absolute Gasteiger partial charge is 0.353 e. The summed E-state index contributed by atoms with van der Waals surface area (Å²) in [5.74, 6) is 0.901. The zero-order valence-corrected chi connectivity index (χ0v) is 11.3. The molecule has 0 spiro atoms. The Hall–Kier alpha value is -1.82. The molecule has 1 aliphatic heterocycles. The zero-order chi connectivity index (χ0) is 13.2. The SMILES string of the molecule is CC(C)(C)C1=CCN(c2cccc(C#N)n2)CC1. The van der Waals surface area contributed by atoms with Crippen LogP contribution in [0, 0.1) is 16.7 Å². The second-order valence-corrected chi connectivity index (χ2v) is 5.67. The molecule has 0 radical (unpaired) electrons. The minimum atomic E-state index is 0.258. The number of nitrogens with zero attached hydrogens (tertiary/aromatic N) is 3. The Morgan fingerprint density at radius 2 is 2.11 bits per heavy atom. The maximum atomic E-state index is 8.87. The van der Waals surface area contributed by atoms with Crippen LogP contribution in [0.5, 0.6) is 0 Å². The molecule has 0 N–H and O–H groups in total. The molecule has 0 saturated carbocycles. The summed E-state index contributed by atoms with van der Waals surface area (Å²) in [5.41, 5.74) is 2.25. The van der Waals surface area contributed by atoms with E-state index in [1.54, 1.807) is 6.07 Å². The number of hydrogen-bond donors (Lipinski definition) is 0. The van der Waals surface area contributed by atoms with Gasteiger partial charge in [0.1, 0.15) is 17.6 Å². The van der Waals surface area contributed by atoms with Crippen LogP contribution in [-0.2, 0) is 0 Å². The van der Waals surface area contributed by atoms with Gasteiger partial charge in [0.25, 0.3) is 0 Å². The maximum absolute atomic E-state index is 8.87. The first kappa shape index (κ1) is 12.6. The molecular formula is C15H19N3. The van der Waals surface area contributed by atoms with Gasteiger partial charge in [-0.1, -0.05) is 38.5 Å². The van der Waals surface area contributed by atoms with Crippen LogP contribution < -0.4 is 4.90 Å². The predicted octanol–water partition coefficient (Wildman–Crippen LogP) is 3.14. The minimum Gasteiger partial charge on any atom is -0.353 e. The van der Waals surface area contributed by atoms with E-state index >= 15 is 0 Å². The van der Waals surface area contributed by atoms with Crippen LogP contribution in [0.3, 0.4) is 0 Å². The van der Waals surface area contributed by atoms with Gasteiger partial charge in [0.05, 0.1) is 0 Å². The van der Waals surface area contributed by atoms with Crippen LogP contribution >= 0.6 is 0 Å². The molecule has 18 heavy (non-hydrogen) atoms. The normalized spacial score (nSPS) is 16.1. The van der Waals surface area contributed by atoms with E-state index in [0.717, 1.165) is 25.3 Å². The van der Waals surface area contributed by atoms with Crippen molar-refractivity contribution in [2.45, 2.75) is 27.2 Å².